The summed E-state index contributed by atoms with van der Waals surface area (Å²) in [5.74, 6) is -0.966. The van der Waals surface area contributed by atoms with Crippen LogP contribution >= 0.6 is 0 Å². The van der Waals surface area contributed by atoms with E-state index in [1.807, 2.05) is 30.3 Å². The fourth-order valence-electron chi connectivity index (χ4n) is 2.34. The number of rotatable bonds is 4. The number of hydrogen-bond donors (Lipinski definition) is 3. The van der Waals surface area contributed by atoms with Crippen LogP contribution in [0.3, 0.4) is 0 Å². The maximum atomic E-state index is 11.6. The zero-order chi connectivity index (χ0) is 15.5. The number of carboxylic acids is 1. The third-order valence-electron chi connectivity index (χ3n) is 3.45. The Labute approximate surface area is 127 Å². The Kier molecular flexibility index (Phi) is 3.72. The van der Waals surface area contributed by atoms with Crippen LogP contribution in [0.5, 0.6) is 0 Å². The third kappa shape index (κ3) is 2.62. The van der Waals surface area contributed by atoms with E-state index in [-0.39, 0.29) is 5.57 Å². The first kappa shape index (κ1) is 14.0. The number of nitrogens with zero attached hydrogens (tertiary/aromatic N) is 1. The molecule has 3 aromatic rings. The van der Waals surface area contributed by atoms with Gasteiger partial charge in [0.1, 0.15) is 5.65 Å². The summed E-state index contributed by atoms with van der Waals surface area (Å²) in [7, 11) is 0. The van der Waals surface area contributed by atoms with Gasteiger partial charge in [-0.2, -0.15) is 0 Å². The van der Waals surface area contributed by atoms with Crippen molar-refractivity contribution in [2.24, 2.45) is 5.73 Å². The molecule has 0 amide bonds. The van der Waals surface area contributed by atoms with Crippen molar-refractivity contribution in [3.05, 3.63) is 65.5 Å². The number of carbonyl (C=O) groups is 1. The number of nitrogens with two attached hydrogens (primary N) is 1. The average Bonchev–Trinajstić information content (AvgIpc) is 2.95. The number of carboxylic acid groups (broad SMARTS) is 1. The van der Waals surface area contributed by atoms with Crippen LogP contribution in [0.2, 0.25) is 0 Å². The van der Waals surface area contributed by atoms with E-state index in [2.05, 4.69) is 9.97 Å². The predicted molar refractivity (Wildman–Crippen MR) is 85.9 cm³/mol. The number of pyridine rings is 1. The molecule has 0 saturated heterocycles. The highest BCUT2D eigenvalue weighted by Gasteiger charge is 2.12. The number of aromatic nitrogens is 2. The summed E-state index contributed by atoms with van der Waals surface area (Å²) >= 11 is 0. The Morgan fingerprint density at radius 2 is 2.00 bits per heavy atom. The first-order valence-corrected chi connectivity index (χ1v) is 6.86. The molecule has 0 atom stereocenters. The minimum atomic E-state index is -0.966. The lowest BCUT2D eigenvalue weighted by atomic mass is 10.0. The van der Waals surface area contributed by atoms with Crippen LogP contribution < -0.4 is 5.73 Å². The lowest BCUT2D eigenvalue weighted by molar-refractivity contribution is -0.130. The normalized spacial score (nSPS) is 11.8. The van der Waals surface area contributed by atoms with Crippen molar-refractivity contribution in [3.8, 4) is 0 Å². The van der Waals surface area contributed by atoms with Gasteiger partial charge in [0.2, 0.25) is 0 Å². The molecule has 4 N–H and O–H groups in total. The van der Waals surface area contributed by atoms with E-state index < -0.39 is 5.97 Å². The Morgan fingerprint density at radius 3 is 2.68 bits per heavy atom. The molecule has 3 rings (SSSR count). The van der Waals surface area contributed by atoms with Crippen LogP contribution in [0, 0.1) is 0 Å². The van der Waals surface area contributed by atoms with Gasteiger partial charge in [-0.05, 0) is 23.8 Å². The van der Waals surface area contributed by atoms with Gasteiger partial charge in [0.05, 0.1) is 11.3 Å². The van der Waals surface area contributed by atoms with Crippen LogP contribution in [0.25, 0.3) is 22.7 Å². The molecule has 2 heterocycles. The van der Waals surface area contributed by atoms with E-state index in [1.165, 1.54) is 0 Å². The Morgan fingerprint density at radius 1 is 1.23 bits per heavy atom. The topological polar surface area (TPSA) is 92.0 Å². The molecule has 0 radical (unpaired) electrons. The molecule has 0 bridgehead atoms. The molecule has 0 unspecified atom stereocenters. The molecule has 0 saturated carbocycles. The monoisotopic (exact) mass is 293 g/mol. The smallest absolute Gasteiger partial charge is 0.336 e. The Bertz CT molecular complexity index is 851. The van der Waals surface area contributed by atoms with E-state index in [9.17, 15) is 9.90 Å². The molecule has 5 nitrogen and oxygen atoms in total. The summed E-state index contributed by atoms with van der Waals surface area (Å²) in [6, 6.07) is 12.8. The summed E-state index contributed by atoms with van der Waals surface area (Å²) < 4.78 is 0. The number of fused-ring (bicyclic) bond motifs is 1. The van der Waals surface area contributed by atoms with Crippen molar-refractivity contribution in [1.82, 2.24) is 9.97 Å². The highest BCUT2D eigenvalue weighted by Crippen LogP contribution is 2.24. The molecular weight excluding hydrogens is 278 g/mol. The highest BCUT2D eigenvalue weighted by atomic mass is 16.4. The number of H-pyrrole nitrogens is 1. The van der Waals surface area contributed by atoms with Crippen molar-refractivity contribution < 1.29 is 9.90 Å². The van der Waals surface area contributed by atoms with Crippen molar-refractivity contribution in [2.75, 3.05) is 0 Å². The maximum absolute atomic E-state index is 11.6. The maximum Gasteiger partial charge on any atom is 0.336 e. The minimum Gasteiger partial charge on any atom is -0.478 e. The van der Waals surface area contributed by atoms with Gasteiger partial charge in [0.25, 0.3) is 0 Å². The van der Waals surface area contributed by atoms with E-state index in [1.54, 1.807) is 24.4 Å². The number of hydrogen-bond acceptors (Lipinski definition) is 3. The van der Waals surface area contributed by atoms with Gasteiger partial charge in [-0.25, -0.2) is 9.78 Å². The molecule has 0 aliphatic heterocycles. The molecule has 5 heteroatoms. The van der Waals surface area contributed by atoms with Crippen molar-refractivity contribution in [2.45, 2.75) is 6.54 Å². The third-order valence-corrected chi connectivity index (χ3v) is 3.45. The number of nitrogens with one attached hydrogen (secondary N) is 1. The van der Waals surface area contributed by atoms with E-state index in [0.29, 0.717) is 17.8 Å². The van der Waals surface area contributed by atoms with Gasteiger partial charge in [-0.15, -0.1) is 0 Å². The van der Waals surface area contributed by atoms with E-state index >= 15 is 0 Å². The Balaban J connectivity index is 2.11. The minimum absolute atomic E-state index is 0.240. The van der Waals surface area contributed by atoms with E-state index in [0.717, 1.165) is 16.6 Å². The van der Waals surface area contributed by atoms with Crippen LogP contribution in [-0.4, -0.2) is 21.0 Å². The number of benzene rings is 1. The molecular formula is C17H15N3O2. The number of aromatic amines is 1. The largest absolute Gasteiger partial charge is 0.478 e. The van der Waals surface area contributed by atoms with Gasteiger partial charge in [0, 0.05) is 23.7 Å². The van der Waals surface area contributed by atoms with Crippen molar-refractivity contribution in [3.63, 3.8) is 0 Å². The summed E-state index contributed by atoms with van der Waals surface area (Å²) in [5, 5.41) is 10.3. The molecule has 0 spiro atoms. The summed E-state index contributed by atoms with van der Waals surface area (Å²) in [6.45, 7) is 0.366. The molecule has 110 valence electrons. The lowest BCUT2D eigenvalue weighted by Gasteiger charge is -2.02. The highest BCUT2D eigenvalue weighted by molar-refractivity contribution is 6.21. The molecule has 0 fully saturated rings. The predicted octanol–water partition coefficient (Wildman–Crippen LogP) is 2.65. The molecule has 1 aromatic carbocycles. The zero-order valence-corrected chi connectivity index (χ0v) is 11.8. The summed E-state index contributed by atoms with van der Waals surface area (Å²) in [4.78, 5) is 19.0. The first-order chi connectivity index (χ1) is 10.7. The van der Waals surface area contributed by atoms with Crippen LogP contribution in [-0.2, 0) is 11.3 Å². The quantitative estimate of drug-likeness (QED) is 0.645. The van der Waals surface area contributed by atoms with Gasteiger partial charge in [-0.1, -0.05) is 30.3 Å². The second-order valence-corrected chi connectivity index (χ2v) is 4.88. The standard InChI is InChI=1S/C17H15N3O2/c18-9-13-6-7-14-12(10-19-16(14)20-13)8-15(17(21)22)11-4-2-1-3-5-11/h1-8,10H,9,18H2,(H,19,20)(H,21,22). The molecule has 0 aliphatic rings. The number of aliphatic carboxylic acids is 1. The lowest BCUT2D eigenvalue weighted by Crippen LogP contribution is -1.99. The van der Waals surface area contributed by atoms with Crippen LogP contribution in [0.4, 0.5) is 0 Å². The van der Waals surface area contributed by atoms with Gasteiger partial charge < -0.3 is 15.8 Å². The zero-order valence-electron chi connectivity index (χ0n) is 11.8. The molecule has 2 aromatic heterocycles. The van der Waals surface area contributed by atoms with E-state index in [4.69, 9.17) is 5.73 Å². The van der Waals surface area contributed by atoms with Crippen molar-refractivity contribution >= 4 is 28.7 Å². The molecule has 22 heavy (non-hydrogen) atoms. The first-order valence-electron chi connectivity index (χ1n) is 6.86. The van der Waals surface area contributed by atoms with Gasteiger partial charge >= 0.3 is 5.97 Å². The Hall–Kier alpha value is -2.92. The fourth-order valence-corrected chi connectivity index (χ4v) is 2.34. The van der Waals surface area contributed by atoms with Gasteiger partial charge in [-0.3, -0.25) is 0 Å². The molecule has 0 aliphatic carbocycles. The van der Waals surface area contributed by atoms with Crippen molar-refractivity contribution in [1.29, 1.82) is 0 Å². The van der Waals surface area contributed by atoms with Crippen LogP contribution in [0.1, 0.15) is 16.8 Å². The SMILES string of the molecule is NCc1ccc2c(C=C(C(=O)O)c3ccccc3)c[nH]c2n1. The summed E-state index contributed by atoms with van der Waals surface area (Å²) in [6.07, 6.45) is 3.41. The second-order valence-electron chi connectivity index (χ2n) is 4.88. The second kappa shape index (κ2) is 5.83. The fraction of sp³-hybridized carbons (Fsp3) is 0.0588. The average molecular weight is 293 g/mol. The van der Waals surface area contributed by atoms with Gasteiger partial charge in [0.15, 0.2) is 0 Å². The van der Waals surface area contributed by atoms with Crippen LogP contribution in [0.15, 0.2) is 48.7 Å². The summed E-state index contributed by atoms with van der Waals surface area (Å²) in [5.41, 5.74) is 8.75.